The van der Waals surface area contributed by atoms with Crippen LogP contribution < -0.4 is 5.32 Å². The van der Waals surface area contributed by atoms with Gasteiger partial charge in [-0.25, -0.2) is 9.59 Å². The summed E-state index contributed by atoms with van der Waals surface area (Å²) in [5.41, 5.74) is 0. The van der Waals surface area contributed by atoms with Crippen LogP contribution >= 0.6 is 0 Å². The second kappa shape index (κ2) is 7.93. The molecule has 8 nitrogen and oxygen atoms in total. The summed E-state index contributed by atoms with van der Waals surface area (Å²) in [6.07, 6.45) is 0.768. The summed E-state index contributed by atoms with van der Waals surface area (Å²) in [6, 6.07) is -1.75. The number of aliphatic hydroxyl groups is 2. The zero-order valence-electron chi connectivity index (χ0n) is 10.8. The Kier molecular flexibility index (Phi) is 6.54. The Hall–Kier alpha value is -1.38. The highest BCUT2D eigenvalue weighted by Crippen LogP contribution is 2.03. The maximum Gasteiger partial charge on any atom is 0.328 e. The topological polar surface area (TPSA) is 113 Å². The highest BCUT2D eigenvalue weighted by molar-refractivity contribution is 5.82. The van der Waals surface area contributed by atoms with Gasteiger partial charge in [-0.15, -0.1) is 0 Å². The average molecular weight is 275 g/mol. The number of aliphatic hydroxyl groups excluding tert-OH is 2. The van der Waals surface area contributed by atoms with Crippen LogP contribution in [0.5, 0.6) is 0 Å². The Labute approximate surface area is 111 Å². The van der Waals surface area contributed by atoms with Crippen LogP contribution in [0.2, 0.25) is 0 Å². The van der Waals surface area contributed by atoms with Gasteiger partial charge in [-0.1, -0.05) is 0 Å². The van der Waals surface area contributed by atoms with Gasteiger partial charge in [0.05, 0.1) is 13.2 Å². The molecule has 1 fully saturated rings. The Morgan fingerprint density at radius 3 is 2.47 bits per heavy atom. The number of carboxylic acid groups (broad SMARTS) is 1. The van der Waals surface area contributed by atoms with Crippen molar-refractivity contribution in [2.24, 2.45) is 0 Å². The van der Waals surface area contributed by atoms with Gasteiger partial charge in [-0.05, 0) is 13.0 Å². The number of rotatable bonds is 5. The highest BCUT2D eigenvalue weighted by Gasteiger charge is 2.24. The standard InChI is InChI=1S/C11H21N3O5/c15-7-6-13-2-1-3-14(5-4-13)11(19)12-9(8-16)10(17)18/h9,15-16H,1-8H2,(H,12,19)(H,17,18)/t9-/m1/s1. The SMILES string of the molecule is O=C(O)[C@@H](CO)NC(=O)N1CCCN(CCO)CC1. The number of carbonyl (C=O) groups excluding carboxylic acids is 1. The first-order chi connectivity index (χ1) is 9.08. The first-order valence-electron chi connectivity index (χ1n) is 6.30. The lowest BCUT2D eigenvalue weighted by Gasteiger charge is -2.23. The second-order valence-electron chi connectivity index (χ2n) is 4.43. The van der Waals surface area contributed by atoms with Gasteiger partial charge in [0.15, 0.2) is 6.04 Å². The molecule has 0 aromatic rings. The van der Waals surface area contributed by atoms with Crippen molar-refractivity contribution in [3.63, 3.8) is 0 Å². The van der Waals surface area contributed by atoms with Crippen molar-refractivity contribution in [1.29, 1.82) is 0 Å². The minimum absolute atomic E-state index is 0.0811. The Bertz CT molecular complexity index is 313. The monoisotopic (exact) mass is 275 g/mol. The molecule has 0 unspecified atom stereocenters. The molecule has 2 amide bonds. The Morgan fingerprint density at radius 2 is 1.89 bits per heavy atom. The number of hydrogen-bond acceptors (Lipinski definition) is 5. The Balaban J connectivity index is 2.46. The third kappa shape index (κ3) is 5.01. The minimum Gasteiger partial charge on any atom is -0.480 e. The van der Waals surface area contributed by atoms with E-state index in [-0.39, 0.29) is 6.61 Å². The normalized spacial score (nSPS) is 18.7. The van der Waals surface area contributed by atoms with E-state index in [1.165, 1.54) is 4.90 Å². The molecule has 0 saturated carbocycles. The number of aliphatic carboxylic acids is 1. The van der Waals surface area contributed by atoms with Crippen molar-refractivity contribution >= 4 is 12.0 Å². The number of urea groups is 1. The summed E-state index contributed by atoms with van der Waals surface area (Å²) in [5, 5.41) is 28.8. The molecular weight excluding hydrogens is 254 g/mol. The lowest BCUT2D eigenvalue weighted by Crippen LogP contribution is -2.50. The fraction of sp³-hybridized carbons (Fsp3) is 0.818. The predicted octanol–water partition coefficient (Wildman–Crippen LogP) is -1.86. The summed E-state index contributed by atoms with van der Waals surface area (Å²) in [7, 11) is 0. The molecule has 0 radical (unpaired) electrons. The average Bonchev–Trinajstić information content (AvgIpc) is 2.61. The van der Waals surface area contributed by atoms with E-state index < -0.39 is 24.6 Å². The summed E-state index contributed by atoms with van der Waals surface area (Å²) >= 11 is 0. The maximum absolute atomic E-state index is 11.9. The van der Waals surface area contributed by atoms with Crippen molar-refractivity contribution in [3.8, 4) is 0 Å². The van der Waals surface area contributed by atoms with Crippen molar-refractivity contribution in [2.45, 2.75) is 12.5 Å². The molecule has 1 aliphatic heterocycles. The molecule has 0 aromatic heterocycles. The van der Waals surface area contributed by atoms with Crippen molar-refractivity contribution in [1.82, 2.24) is 15.1 Å². The van der Waals surface area contributed by atoms with Gasteiger partial charge in [-0.2, -0.15) is 0 Å². The molecular formula is C11H21N3O5. The van der Waals surface area contributed by atoms with E-state index in [2.05, 4.69) is 5.32 Å². The van der Waals surface area contributed by atoms with E-state index in [1.807, 2.05) is 4.90 Å². The Morgan fingerprint density at radius 1 is 1.16 bits per heavy atom. The summed E-state index contributed by atoms with van der Waals surface area (Å²) in [6.45, 7) is 2.47. The molecule has 0 bridgehead atoms. The van der Waals surface area contributed by atoms with Crippen LogP contribution in [0.1, 0.15) is 6.42 Å². The molecule has 110 valence electrons. The first kappa shape index (κ1) is 15.7. The summed E-state index contributed by atoms with van der Waals surface area (Å²) in [5.74, 6) is -1.26. The van der Waals surface area contributed by atoms with Crippen LogP contribution in [0.4, 0.5) is 4.79 Å². The fourth-order valence-corrected chi connectivity index (χ4v) is 1.96. The molecule has 8 heteroatoms. The van der Waals surface area contributed by atoms with Crippen LogP contribution in [0.25, 0.3) is 0 Å². The third-order valence-corrected chi connectivity index (χ3v) is 3.07. The molecule has 19 heavy (non-hydrogen) atoms. The molecule has 1 saturated heterocycles. The van der Waals surface area contributed by atoms with Gasteiger partial charge in [0.2, 0.25) is 0 Å². The van der Waals surface area contributed by atoms with Crippen molar-refractivity contribution in [3.05, 3.63) is 0 Å². The zero-order chi connectivity index (χ0) is 14.3. The number of carboxylic acids is 1. The molecule has 1 rings (SSSR count). The molecule has 0 aromatic carbocycles. The molecule has 1 aliphatic rings. The molecule has 1 atom stereocenters. The number of nitrogens with one attached hydrogen (secondary N) is 1. The largest absolute Gasteiger partial charge is 0.480 e. The quantitative estimate of drug-likeness (QED) is 0.468. The van der Waals surface area contributed by atoms with Crippen molar-refractivity contribution < 1.29 is 24.9 Å². The smallest absolute Gasteiger partial charge is 0.328 e. The molecule has 1 heterocycles. The fourth-order valence-electron chi connectivity index (χ4n) is 1.96. The van der Waals surface area contributed by atoms with E-state index in [1.54, 1.807) is 0 Å². The van der Waals surface area contributed by atoms with Gasteiger partial charge >= 0.3 is 12.0 Å². The van der Waals surface area contributed by atoms with Crippen LogP contribution in [0.15, 0.2) is 0 Å². The lowest BCUT2D eigenvalue weighted by molar-refractivity contribution is -0.140. The van der Waals surface area contributed by atoms with Gasteiger partial charge in [0.25, 0.3) is 0 Å². The lowest BCUT2D eigenvalue weighted by atomic mass is 10.3. The van der Waals surface area contributed by atoms with Crippen LogP contribution in [-0.2, 0) is 4.79 Å². The maximum atomic E-state index is 11.9. The predicted molar refractivity (Wildman–Crippen MR) is 66.8 cm³/mol. The first-order valence-corrected chi connectivity index (χ1v) is 6.30. The summed E-state index contributed by atoms with van der Waals surface area (Å²) < 4.78 is 0. The van der Waals surface area contributed by atoms with E-state index in [0.29, 0.717) is 26.2 Å². The van der Waals surface area contributed by atoms with E-state index >= 15 is 0 Å². The van der Waals surface area contributed by atoms with Gasteiger partial charge in [-0.3, -0.25) is 4.90 Å². The van der Waals surface area contributed by atoms with Gasteiger partial charge < -0.3 is 25.5 Å². The number of hydrogen-bond donors (Lipinski definition) is 4. The zero-order valence-corrected chi connectivity index (χ0v) is 10.8. The number of nitrogens with zero attached hydrogens (tertiary/aromatic N) is 2. The molecule has 0 spiro atoms. The van der Waals surface area contributed by atoms with E-state index in [9.17, 15) is 9.59 Å². The van der Waals surface area contributed by atoms with Crippen molar-refractivity contribution in [2.75, 3.05) is 45.9 Å². The van der Waals surface area contributed by atoms with E-state index in [0.717, 1.165) is 13.0 Å². The minimum atomic E-state index is -1.27. The van der Waals surface area contributed by atoms with Crippen LogP contribution in [0, 0.1) is 0 Å². The molecule has 4 N–H and O–H groups in total. The van der Waals surface area contributed by atoms with E-state index in [4.69, 9.17) is 15.3 Å². The van der Waals surface area contributed by atoms with Gasteiger partial charge in [0, 0.05) is 26.2 Å². The summed E-state index contributed by atoms with van der Waals surface area (Å²) in [4.78, 5) is 26.2. The highest BCUT2D eigenvalue weighted by atomic mass is 16.4. The second-order valence-corrected chi connectivity index (χ2v) is 4.43. The number of amides is 2. The third-order valence-electron chi connectivity index (χ3n) is 3.07. The van der Waals surface area contributed by atoms with Crippen LogP contribution in [-0.4, -0.2) is 89.1 Å². The molecule has 0 aliphatic carbocycles. The number of carbonyl (C=O) groups is 2. The van der Waals surface area contributed by atoms with Gasteiger partial charge in [0.1, 0.15) is 0 Å². The van der Waals surface area contributed by atoms with Crippen LogP contribution in [0.3, 0.4) is 0 Å². The number of β-amino-alcohol motifs (C(OH)–C–C–N with tert-alkyl or cyclic N) is 1.